The first-order valence-electron chi connectivity index (χ1n) is 9.94. The summed E-state index contributed by atoms with van der Waals surface area (Å²) in [5, 5.41) is 13.1. The normalized spacial score (nSPS) is 11.3. The number of aliphatic hydroxyl groups excluding tert-OH is 1. The minimum absolute atomic E-state index is 0.0879. The van der Waals surface area contributed by atoms with E-state index in [9.17, 15) is 9.90 Å². The van der Waals surface area contributed by atoms with Crippen molar-refractivity contribution in [2.45, 2.75) is 13.8 Å². The molecule has 0 fully saturated rings. The van der Waals surface area contributed by atoms with Crippen molar-refractivity contribution >= 4 is 22.5 Å². The Bertz CT molecular complexity index is 1580. The Labute approximate surface area is 182 Å². The lowest BCUT2D eigenvalue weighted by Gasteiger charge is -2.04. The van der Waals surface area contributed by atoms with Crippen molar-refractivity contribution in [2.24, 2.45) is 0 Å². The number of oxazole rings is 1. The first kappa shape index (κ1) is 19.6. The smallest absolute Gasteiger partial charge is 0.285 e. The number of ether oxygens (including phenoxy) is 1. The summed E-state index contributed by atoms with van der Waals surface area (Å²) >= 11 is 0. The zero-order valence-corrected chi connectivity index (χ0v) is 17.8. The summed E-state index contributed by atoms with van der Waals surface area (Å²) < 4.78 is 12.7. The molecule has 0 saturated carbocycles. The van der Waals surface area contributed by atoms with Crippen LogP contribution in [-0.4, -0.2) is 31.8 Å². The fraction of sp³-hybridized carbons (Fsp3) is 0.125. The van der Waals surface area contributed by atoms with Crippen LogP contribution < -0.4 is 10.3 Å². The van der Waals surface area contributed by atoms with Gasteiger partial charge in [-0.1, -0.05) is 36.9 Å². The Balaban J connectivity index is 1.79. The fourth-order valence-corrected chi connectivity index (χ4v) is 3.97. The molecule has 0 aliphatic heterocycles. The first-order chi connectivity index (χ1) is 15.4. The van der Waals surface area contributed by atoms with Gasteiger partial charge in [0, 0.05) is 11.3 Å². The molecule has 5 aromatic rings. The second-order valence-corrected chi connectivity index (χ2v) is 7.47. The molecule has 2 N–H and O–H groups in total. The minimum atomic E-state index is -0.340. The molecule has 0 aliphatic carbocycles. The van der Waals surface area contributed by atoms with Gasteiger partial charge in [-0.05, 0) is 31.5 Å². The summed E-state index contributed by atoms with van der Waals surface area (Å²) in [4.78, 5) is 22.7. The molecule has 0 amide bonds. The summed E-state index contributed by atoms with van der Waals surface area (Å²) in [6.07, 6.45) is 0. The van der Waals surface area contributed by atoms with Gasteiger partial charge in [0.1, 0.15) is 17.1 Å². The maximum Gasteiger partial charge on any atom is 0.285 e. The van der Waals surface area contributed by atoms with E-state index in [0.717, 1.165) is 16.8 Å². The number of nitrogens with one attached hydrogen (secondary N) is 1. The number of H-pyrrole nitrogens is 1. The van der Waals surface area contributed by atoms with Gasteiger partial charge in [0.25, 0.3) is 5.56 Å². The molecular formula is C24H20N4O4. The molecule has 0 spiro atoms. The molecule has 0 radical (unpaired) electrons. The average molecular weight is 428 g/mol. The number of hydrogen-bond acceptors (Lipinski definition) is 6. The van der Waals surface area contributed by atoms with Crippen LogP contribution in [-0.2, 0) is 0 Å². The van der Waals surface area contributed by atoms with Crippen LogP contribution in [0.1, 0.15) is 17.0 Å². The van der Waals surface area contributed by atoms with Crippen LogP contribution in [0.15, 0.2) is 58.3 Å². The largest absolute Gasteiger partial charge is 0.508 e. The molecular weight excluding hydrogens is 408 g/mol. The highest BCUT2D eigenvalue weighted by Crippen LogP contribution is 2.35. The molecule has 32 heavy (non-hydrogen) atoms. The topological polar surface area (TPSA) is 106 Å². The highest BCUT2D eigenvalue weighted by molar-refractivity contribution is 5.91. The van der Waals surface area contributed by atoms with Crippen molar-refractivity contribution in [1.82, 2.24) is 19.6 Å². The molecule has 5 rings (SSSR count). The maximum atomic E-state index is 13.5. The summed E-state index contributed by atoms with van der Waals surface area (Å²) in [6.45, 7) is 7.21. The Morgan fingerprint density at radius 3 is 2.56 bits per heavy atom. The van der Waals surface area contributed by atoms with E-state index in [4.69, 9.17) is 14.1 Å². The number of benzene rings is 2. The van der Waals surface area contributed by atoms with Crippen molar-refractivity contribution in [3.63, 3.8) is 0 Å². The second-order valence-electron chi connectivity index (χ2n) is 7.47. The van der Waals surface area contributed by atoms with Crippen molar-refractivity contribution in [2.75, 3.05) is 7.11 Å². The van der Waals surface area contributed by atoms with Gasteiger partial charge in [0.05, 0.1) is 18.4 Å². The first-order valence-corrected chi connectivity index (χ1v) is 9.94. The zero-order valence-electron chi connectivity index (χ0n) is 17.8. The number of rotatable bonds is 4. The molecule has 0 saturated heterocycles. The number of aliphatic hydroxyl groups is 1. The Kier molecular flexibility index (Phi) is 4.37. The average Bonchev–Trinajstić information content (AvgIpc) is 3.34. The lowest BCUT2D eigenvalue weighted by molar-refractivity contribution is 0.418. The molecule has 2 aromatic carbocycles. The van der Waals surface area contributed by atoms with Gasteiger partial charge in [-0.2, -0.15) is 0 Å². The summed E-state index contributed by atoms with van der Waals surface area (Å²) in [6, 6.07) is 13.1. The van der Waals surface area contributed by atoms with Crippen LogP contribution in [0.3, 0.4) is 0 Å². The zero-order chi connectivity index (χ0) is 22.6. The standard InChI is InChI=1S/C24H20N4O4/c1-12-19(23-26-20-17(31-4)11-10-16(14(3)29)21(20)32-23)24(30)28-22(25-12)18(13(2)27-28)15-8-6-5-7-9-15/h5-11,27,29H,3H2,1-2,4H3. The number of aromatic nitrogens is 4. The van der Waals surface area contributed by atoms with E-state index in [1.54, 1.807) is 19.1 Å². The molecule has 3 heterocycles. The van der Waals surface area contributed by atoms with Crippen LogP contribution >= 0.6 is 0 Å². The molecule has 160 valence electrons. The molecule has 8 nitrogen and oxygen atoms in total. The molecule has 8 heteroatoms. The van der Waals surface area contributed by atoms with Crippen LogP contribution in [0.2, 0.25) is 0 Å². The lowest BCUT2D eigenvalue weighted by atomic mass is 10.1. The monoisotopic (exact) mass is 428 g/mol. The van der Waals surface area contributed by atoms with E-state index < -0.39 is 0 Å². The Morgan fingerprint density at radius 2 is 1.88 bits per heavy atom. The molecule has 0 atom stereocenters. The third-order valence-electron chi connectivity index (χ3n) is 5.46. The third-order valence-corrected chi connectivity index (χ3v) is 5.46. The van der Waals surface area contributed by atoms with E-state index in [2.05, 4.69) is 16.7 Å². The second kappa shape index (κ2) is 7.12. The number of nitrogens with zero attached hydrogens (tertiary/aromatic N) is 3. The van der Waals surface area contributed by atoms with Crippen molar-refractivity contribution in [3.8, 4) is 28.3 Å². The fourth-order valence-electron chi connectivity index (χ4n) is 3.97. The van der Waals surface area contributed by atoms with Crippen LogP contribution in [0.25, 0.3) is 45.1 Å². The third kappa shape index (κ3) is 2.80. The predicted octanol–water partition coefficient (Wildman–Crippen LogP) is 4.65. The van der Waals surface area contributed by atoms with Crippen LogP contribution in [0.4, 0.5) is 0 Å². The van der Waals surface area contributed by atoms with E-state index in [0.29, 0.717) is 28.2 Å². The number of fused-ring (bicyclic) bond motifs is 2. The molecule has 0 aliphatic rings. The quantitative estimate of drug-likeness (QED) is 0.404. The highest BCUT2D eigenvalue weighted by Gasteiger charge is 2.24. The summed E-state index contributed by atoms with van der Waals surface area (Å²) in [5.41, 5.74) is 4.54. The van der Waals surface area contributed by atoms with Gasteiger partial charge in [0.15, 0.2) is 16.7 Å². The highest BCUT2D eigenvalue weighted by atomic mass is 16.5. The Hall–Kier alpha value is -4.33. The van der Waals surface area contributed by atoms with E-state index in [1.807, 2.05) is 37.3 Å². The van der Waals surface area contributed by atoms with Crippen molar-refractivity contribution < 1.29 is 14.3 Å². The summed E-state index contributed by atoms with van der Waals surface area (Å²) in [5.74, 6) is 0.369. The maximum absolute atomic E-state index is 13.5. The minimum Gasteiger partial charge on any atom is -0.508 e. The van der Waals surface area contributed by atoms with Gasteiger partial charge in [-0.15, -0.1) is 0 Å². The number of aromatic amines is 1. The molecule has 3 aromatic heterocycles. The number of methoxy groups -OCH3 is 1. The van der Waals surface area contributed by atoms with Gasteiger partial charge < -0.3 is 14.3 Å². The van der Waals surface area contributed by atoms with Gasteiger partial charge >= 0.3 is 0 Å². The lowest BCUT2D eigenvalue weighted by Crippen LogP contribution is -2.19. The van der Waals surface area contributed by atoms with E-state index >= 15 is 0 Å². The van der Waals surface area contributed by atoms with Crippen molar-refractivity contribution in [1.29, 1.82) is 0 Å². The SMILES string of the molecule is C=C(O)c1ccc(OC)c2nc(-c3c(C)nc4c(-c5ccccc5)c(C)[nH]n4c3=O)oc12. The number of hydrogen-bond donors (Lipinski definition) is 2. The van der Waals surface area contributed by atoms with Crippen molar-refractivity contribution in [3.05, 3.63) is 76.3 Å². The van der Waals surface area contributed by atoms with Crippen LogP contribution in [0.5, 0.6) is 5.75 Å². The number of aryl methyl sites for hydroxylation is 2. The molecule has 0 bridgehead atoms. The van der Waals surface area contributed by atoms with Gasteiger partial charge in [-0.3, -0.25) is 9.89 Å². The van der Waals surface area contributed by atoms with Gasteiger partial charge in [-0.25, -0.2) is 14.5 Å². The predicted molar refractivity (Wildman–Crippen MR) is 122 cm³/mol. The van der Waals surface area contributed by atoms with E-state index in [1.165, 1.54) is 11.6 Å². The van der Waals surface area contributed by atoms with E-state index in [-0.39, 0.29) is 28.4 Å². The molecule has 0 unspecified atom stereocenters. The van der Waals surface area contributed by atoms with Gasteiger partial charge in [0.2, 0.25) is 5.89 Å². The Morgan fingerprint density at radius 1 is 1.12 bits per heavy atom. The van der Waals surface area contributed by atoms with Crippen LogP contribution in [0, 0.1) is 13.8 Å². The summed E-state index contributed by atoms with van der Waals surface area (Å²) in [7, 11) is 1.51.